The summed E-state index contributed by atoms with van der Waals surface area (Å²) in [7, 11) is 0. The first-order chi connectivity index (χ1) is 11.9. The fourth-order valence-corrected chi connectivity index (χ4v) is 5.47. The average molecular weight is 335 g/mol. The van der Waals surface area contributed by atoms with Crippen molar-refractivity contribution in [1.29, 1.82) is 0 Å². The molecule has 0 amide bonds. The molecule has 0 bridgehead atoms. The van der Waals surface area contributed by atoms with Crippen molar-refractivity contribution in [1.82, 2.24) is 0 Å². The van der Waals surface area contributed by atoms with Gasteiger partial charge in [0, 0.05) is 0 Å². The van der Waals surface area contributed by atoms with Gasteiger partial charge in [-0.3, -0.25) is 0 Å². The summed E-state index contributed by atoms with van der Waals surface area (Å²) < 4.78 is 0. The zero-order chi connectivity index (χ0) is 16.9. The van der Waals surface area contributed by atoms with Crippen LogP contribution in [0.25, 0.3) is 0 Å². The highest BCUT2D eigenvalue weighted by atomic mass is 14.3. The predicted molar refractivity (Wildman–Crippen MR) is 108 cm³/mol. The van der Waals surface area contributed by atoms with Crippen molar-refractivity contribution in [3.63, 3.8) is 0 Å². The molecule has 0 heterocycles. The van der Waals surface area contributed by atoms with E-state index >= 15 is 0 Å². The van der Waals surface area contributed by atoms with Gasteiger partial charge in [-0.25, -0.2) is 0 Å². The zero-order valence-corrected chi connectivity index (χ0v) is 16.9. The van der Waals surface area contributed by atoms with Crippen molar-refractivity contribution in [2.75, 3.05) is 0 Å². The monoisotopic (exact) mass is 334 g/mol. The molecule has 2 fully saturated rings. The molecule has 0 spiro atoms. The summed E-state index contributed by atoms with van der Waals surface area (Å²) in [6.45, 7) is 2.31. The summed E-state index contributed by atoms with van der Waals surface area (Å²) in [4.78, 5) is 0. The van der Waals surface area contributed by atoms with E-state index in [0.717, 1.165) is 17.8 Å². The molecule has 2 aliphatic carbocycles. The molecule has 0 nitrogen and oxygen atoms in total. The Morgan fingerprint density at radius 2 is 1.00 bits per heavy atom. The molecule has 0 N–H and O–H groups in total. The first-order valence-electron chi connectivity index (χ1n) is 11.9. The lowest BCUT2D eigenvalue weighted by Gasteiger charge is -2.36. The van der Waals surface area contributed by atoms with E-state index in [1.54, 1.807) is 44.9 Å². The summed E-state index contributed by atoms with van der Waals surface area (Å²) >= 11 is 0. The van der Waals surface area contributed by atoms with E-state index in [2.05, 4.69) is 6.92 Å². The van der Waals surface area contributed by atoms with Gasteiger partial charge in [0.1, 0.15) is 0 Å². The Labute approximate surface area is 153 Å². The minimum absolute atomic E-state index is 1.10. The molecule has 0 heteroatoms. The lowest BCUT2D eigenvalue weighted by Crippen LogP contribution is -2.23. The third-order valence-electron chi connectivity index (χ3n) is 7.17. The van der Waals surface area contributed by atoms with E-state index in [1.807, 2.05) is 0 Å². The highest BCUT2D eigenvalue weighted by Gasteiger charge is 2.28. The van der Waals surface area contributed by atoms with Gasteiger partial charge in [0.25, 0.3) is 0 Å². The van der Waals surface area contributed by atoms with Gasteiger partial charge < -0.3 is 0 Å². The molecule has 0 saturated heterocycles. The van der Waals surface area contributed by atoms with Crippen LogP contribution in [0.5, 0.6) is 0 Å². The molecular weight excluding hydrogens is 288 g/mol. The molecule has 2 rings (SSSR count). The molecule has 0 atom stereocenters. The summed E-state index contributed by atoms with van der Waals surface area (Å²) in [6.07, 6.45) is 30.4. The third kappa shape index (κ3) is 8.39. The molecule has 0 radical (unpaired) electrons. The zero-order valence-electron chi connectivity index (χ0n) is 16.9. The predicted octanol–water partition coefficient (Wildman–Crippen LogP) is 8.68. The van der Waals surface area contributed by atoms with Crippen molar-refractivity contribution in [3.8, 4) is 0 Å². The van der Waals surface area contributed by atoms with Crippen LogP contribution >= 0.6 is 0 Å². The first kappa shape index (κ1) is 20.3. The fourth-order valence-electron chi connectivity index (χ4n) is 5.47. The quantitative estimate of drug-likeness (QED) is 0.313. The highest BCUT2D eigenvalue weighted by Crippen LogP contribution is 2.41. The summed E-state index contributed by atoms with van der Waals surface area (Å²) in [5.74, 6) is 3.34. The van der Waals surface area contributed by atoms with Crippen LogP contribution in [0.2, 0.25) is 0 Å². The SMILES string of the molecule is CCCCCCCCCCCCC1CCC(C2CCCCC2)CC1. The Balaban J connectivity index is 1.38. The Bertz CT molecular complexity index is 268. The van der Waals surface area contributed by atoms with Crippen molar-refractivity contribution in [2.24, 2.45) is 17.8 Å². The van der Waals surface area contributed by atoms with Gasteiger partial charge >= 0.3 is 0 Å². The van der Waals surface area contributed by atoms with Gasteiger partial charge in [-0.05, 0) is 30.6 Å². The summed E-state index contributed by atoms with van der Waals surface area (Å²) in [6, 6.07) is 0. The minimum atomic E-state index is 1.10. The Morgan fingerprint density at radius 3 is 1.58 bits per heavy atom. The van der Waals surface area contributed by atoms with Gasteiger partial charge in [0.15, 0.2) is 0 Å². The number of unbranched alkanes of at least 4 members (excludes halogenated alkanes) is 9. The normalized spacial score (nSPS) is 25.9. The maximum Gasteiger partial charge on any atom is -0.0386 e. The van der Waals surface area contributed by atoms with Crippen LogP contribution in [0, 0.1) is 17.8 Å². The minimum Gasteiger partial charge on any atom is -0.0654 e. The van der Waals surface area contributed by atoms with Crippen LogP contribution in [-0.4, -0.2) is 0 Å². The van der Waals surface area contributed by atoms with Crippen LogP contribution in [0.15, 0.2) is 0 Å². The van der Waals surface area contributed by atoms with Gasteiger partial charge in [-0.2, -0.15) is 0 Å². The largest absolute Gasteiger partial charge is 0.0654 e. The maximum atomic E-state index is 2.31. The summed E-state index contributed by atoms with van der Waals surface area (Å²) in [5, 5.41) is 0. The van der Waals surface area contributed by atoms with Crippen LogP contribution in [0.4, 0.5) is 0 Å². The Kier molecular flexibility index (Phi) is 11.2. The van der Waals surface area contributed by atoms with Gasteiger partial charge in [0.2, 0.25) is 0 Å². The molecule has 2 aliphatic rings. The topological polar surface area (TPSA) is 0 Å². The van der Waals surface area contributed by atoms with E-state index in [0.29, 0.717) is 0 Å². The van der Waals surface area contributed by atoms with E-state index in [9.17, 15) is 0 Å². The van der Waals surface area contributed by atoms with Gasteiger partial charge in [-0.1, -0.05) is 122 Å². The molecule has 0 aromatic heterocycles. The van der Waals surface area contributed by atoms with Gasteiger partial charge in [0.05, 0.1) is 0 Å². The third-order valence-corrected chi connectivity index (χ3v) is 7.17. The van der Waals surface area contributed by atoms with Crippen molar-refractivity contribution < 1.29 is 0 Å². The second-order valence-corrected chi connectivity index (χ2v) is 9.15. The maximum absolute atomic E-state index is 2.31. The molecule has 142 valence electrons. The van der Waals surface area contributed by atoms with E-state index < -0.39 is 0 Å². The Hall–Kier alpha value is 0. The Morgan fingerprint density at radius 1 is 0.500 bits per heavy atom. The molecule has 0 aromatic carbocycles. The average Bonchev–Trinajstić information content (AvgIpc) is 2.64. The molecular formula is C24H46. The first-order valence-corrected chi connectivity index (χ1v) is 11.9. The van der Waals surface area contributed by atoms with Crippen LogP contribution in [-0.2, 0) is 0 Å². The van der Waals surface area contributed by atoms with E-state index in [4.69, 9.17) is 0 Å². The van der Waals surface area contributed by atoms with Crippen molar-refractivity contribution >= 4 is 0 Å². The second kappa shape index (κ2) is 13.2. The van der Waals surface area contributed by atoms with Crippen LogP contribution in [0.3, 0.4) is 0 Å². The lowest BCUT2D eigenvalue weighted by atomic mass is 9.70. The number of rotatable bonds is 12. The van der Waals surface area contributed by atoms with E-state index in [1.165, 1.54) is 83.5 Å². The molecule has 0 aliphatic heterocycles. The van der Waals surface area contributed by atoms with Crippen LogP contribution < -0.4 is 0 Å². The molecule has 0 unspecified atom stereocenters. The second-order valence-electron chi connectivity index (χ2n) is 9.15. The lowest BCUT2D eigenvalue weighted by molar-refractivity contribution is 0.162. The fraction of sp³-hybridized carbons (Fsp3) is 1.00. The van der Waals surface area contributed by atoms with Gasteiger partial charge in [-0.15, -0.1) is 0 Å². The van der Waals surface area contributed by atoms with Crippen molar-refractivity contribution in [3.05, 3.63) is 0 Å². The van der Waals surface area contributed by atoms with Crippen molar-refractivity contribution in [2.45, 2.75) is 135 Å². The number of hydrogen-bond acceptors (Lipinski definition) is 0. The standard InChI is InChI=1S/C24H46/c1-2-3-4-5-6-7-8-9-10-12-15-22-18-20-24(21-19-22)23-16-13-11-14-17-23/h22-24H,2-21H2,1H3. The van der Waals surface area contributed by atoms with E-state index in [-0.39, 0.29) is 0 Å². The number of hydrogen-bond donors (Lipinski definition) is 0. The molecule has 24 heavy (non-hydrogen) atoms. The molecule has 2 saturated carbocycles. The molecule has 0 aromatic rings. The highest BCUT2D eigenvalue weighted by molar-refractivity contribution is 4.79. The smallest absolute Gasteiger partial charge is 0.0386 e. The summed E-state index contributed by atoms with van der Waals surface area (Å²) in [5.41, 5.74) is 0. The van der Waals surface area contributed by atoms with Crippen LogP contribution in [0.1, 0.15) is 135 Å².